The number of rotatable bonds is 8. The van der Waals surface area contributed by atoms with Crippen LogP contribution in [0.1, 0.15) is 31.7 Å². The quantitative estimate of drug-likeness (QED) is 0.165. The van der Waals surface area contributed by atoms with E-state index in [-0.39, 0.29) is 12.4 Å². The molecular formula is C27H25NO6. The number of nitrogens with one attached hydrogen (secondary N) is 1. The maximum atomic E-state index is 12.9. The summed E-state index contributed by atoms with van der Waals surface area (Å²) in [6, 6.07) is 20.4. The topological polar surface area (TPSA) is 94.8 Å². The van der Waals surface area contributed by atoms with Gasteiger partial charge < -0.3 is 19.2 Å². The van der Waals surface area contributed by atoms with Crippen molar-refractivity contribution in [1.29, 1.82) is 0 Å². The van der Waals surface area contributed by atoms with Crippen molar-refractivity contribution in [3.63, 3.8) is 0 Å². The van der Waals surface area contributed by atoms with Crippen LogP contribution in [0.3, 0.4) is 0 Å². The Morgan fingerprint density at radius 1 is 0.941 bits per heavy atom. The van der Waals surface area contributed by atoms with E-state index in [1.54, 1.807) is 24.3 Å². The summed E-state index contributed by atoms with van der Waals surface area (Å²) in [5, 5.41) is 4.58. The monoisotopic (exact) mass is 459 g/mol. The summed E-state index contributed by atoms with van der Waals surface area (Å²) in [6.07, 6.45) is 1.27. The number of carbonyl (C=O) groups excluding carboxylic acids is 2. The number of fused-ring (bicyclic) bond motifs is 3. The Hall–Kier alpha value is -4.13. The van der Waals surface area contributed by atoms with Gasteiger partial charge in [-0.2, -0.15) is 0 Å². The molecule has 1 N–H and O–H groups in total. The van der Waals surface area contributed by atoms with Crippen LogP contribution in [0.25, 0.3) is 21.7 Å². The second kappa shape index (κ2) is 10.7. The number of amides is 1. The molecular weight excluding hydrogens is 434 g/mol. The maximum absolute atomic E-state index is 12.9. The summed E-state index contributed by atoms with van der Waals surface area (Å²) in [4.78, 5) is 37.5. The Labute approximate surface area is 196 Å². The molecule has 34 heavy (non-hydrogen) atoms. The van der Waals surface area contributed by atoms with Gasteiger partial charge in [0.25, 0.3) is 0 Å². The fraction of sp³-hybridized carbons (Fsp3) is 0.222. The van der Waals surface area contributed by atoms with Gasteiger partial charge in [-0.15, -0.1) is 0 Å². The van der Waals surface area contributed by atoms with E-state index in [1.807, 2.05) is 49.4 Å². The third kappa shape index (κ3) is 5.43. The van der Waals surface area contributed by atoms with Crippen LogP contribution >= 0.6 is 0 Å². The maximum Gasteiger partial charge on any atom is 0.408 e. The molecule has 3 aromatic carbocycles. The van der Waals surface area contributed by atoms with E-state index in [0.717, 1.165) is 29.2 Å². The van der Waals surface area contributed by atoms with Gasteiger partial charge in [0, 0.05) is 11.5 Å². The predicted octanol–water partition coefficient (Wildman–Crippen LogP) is 5.34. The van der Waals surface area contributed by atoms with Gasteiger partial charge in [-0.05, 0) is 35.6 Å². The van der Waals surface area contributed by atoms with Gasteiger partial charge in [0.15, 0.2) is 0 Å². The normalized spacial score (nSPS) is 11.8. The van der Waals surface area contributed by atoms with E-state index in [4.69, 9.17) is 13.9 Å². The Balaban J connectivity index is 1.47. The molecule has 1 amide bonds. The molecule has 0 bridgehead atoms. The molecule has 0 fully saturated rings. The lowest BCUT2D eigenvalue weighted by Crippen LogP contribution is -2.43. The molecule has 4 aromatic rings. The van der Waals surface area contributed by atoms with Gasteiger partial charge in [0.05, 0.1) is 5.39 Å². The van der Waals surface area contributed by atoms with Gasteiger partial charge in [0.1, 0.15) is 24.0 Å². The van der Waals surface area contributed by atoms with Crippen LogP contribution < -0.4 is 15.7 Å². The van der Waals surface area contributed by atoms with Gasteiger partial charge in [-0.1, -0.05) is 68.3 Å². The lowest BCUT2D eigenvalue weighted by molar-refractivity contribution is -0.136. The van der Waals surface area contributed by atoms with Crippen molar-refractivity contribution in [2.24, 2.45) is 0 Å². The molecule has 0 aliphatic heterocycles. The molecule has 0 saturated carbocycles. The molecule has 1 aromatic heterocycles. The van der Waals surface area contributed by atoms with Crippen molar-refractivity contribution in [2.45, 2.75) is 38.8 Å². The molecule has 4 rings (SSSR count). The minimum atomic E-state index is -0.873. The molecule has 7 nitrogen and oxygen atoms in total. The largest absolute Gasteiger partial charge is 0.445 e. The average molecular weight is 459 g/mol. The first-order valence-electron chi connectivity index (χ1n) is 11.2. The van der Waals surface area contributed by atoms with Crippen LogP contribution in [0.4, 0.5) is 4.79 Å². The molecule has 0 aliphatic carbocycles. The summed E-state index contributed by atoms with van der Waals surface area (Å²) in [5.74, 6) is -0.399. The van der Waals surface area contributed by atoms with E-state index in [9.17, 15) is 14.4 Å². The molecule has 1 atom stereocenters. The molecule has 0 spiro atoms. The van der Waals surface area contributed by atoms with Gasteiger partial charge in [-0.3, -0.25) is 0 Å². The third-order valence-corrected chi connectivity index (χ3v) is 5.45. The Kier molecular flexibility index (Phi) is 7.22. The van der Waals surface area contributed by atoms with Crippen molar-refractivity contribution >= 4 is 33.8 Å². The van der Waals surface area contributed by atoms with Crippen molar-refractivity contribution < 1.29 is 23.5 Å². The van der Waals surface area contributed by atoms with Crippen LogP contribution in [-0.4, -0.2) is 18.1 Å². The predicted molar refractivity (Wildman–Crippen MR) is 129 cm³/mol. The summed E-state index contributed by atoms with van der Waals surface area (Å²) < 4.78 is 16.2. The number of hydrogen-bond donors (Lipinski definition) is 1. The first-order chi connectivity index (χ1) is 16.5. The van der Waals surface area contributed by atoms with E-state index in [2.05, 4.69) is 5.32 Å². The average Bonchev–Trinajstić information content (AvgIpc) is 2.86. The lowest BCUT2D eigenvalue weighted by Gasteiger charge is -2.17. The highest BCUT2D eigenvalue weighted by Gasteiger charge is 2.23. The first kappa shape index (κ1) is 23.0. The lowest BCUT2D eigenvalue weighted by atomic mass is 10.1. The van der Waals surface area contributed by atoms with Crippen LogP contribution in [0.2, 0.25) is 0 Å². The second-order valence-corrected chi connectivity index (χ2v) is 7.92. The minimum Gasteiger partial charge on any atom is -0.445 e. The first-order valence-corrected chi connectivity index (χ1v) is 11.2. The van der Waals surface area contributed by atoms with E-state index < -0.39 is 23.7 Å². The summed E-state index contributed by atoms with van der Waals surface area (Å²) in [5.41, 5.74) is 0.695. The zero-order valence-corrected chi connectivity index (χ0v) is 18.8. The molecule has 1 heterocycles. The van der Waals surface area contributed by atoms with E-state index in [0.29, 0.717) is 17.4 Å². The van der Waals surface area contributed by atoms with Gasteiger partial charge >= 0.3 is 17.7 Å². The molecule has 7 heteroatoms. The smallest absolute Gasteiger partial charge is 0.408 e. The van der Waals surface area contributed by atoms with Gasteiger partial charge in [-0.25, -0.2) is 14.4 Å². The molecule has 0 radical (unpaired) electrons. The highest BCUT2D eigenvalue weighted by atomic mass is 16.6. The number of unbranched alkanes of at least 4 members (excludes halogenated alkanes) is 1. The Bertz CT molecular complexity index is 1360. The third-order valence-electron chi connectivity index (χ3n) is 5.45. The minimum absolute atomic E-state index is 0.0971. The van der Waals surface area contributed by atoms with Crippen molar-refractivity contribution in [3.8, 4) is 5.75 Å². The molecule has 1 unspecified atom stereocenters. The number of esters is 1. The summed E-state index contributed by atoms with van der Waals surface area (Å²) in [6.45, 7) is 2.09. The second-order valence-electron chi connectivity index (χ2n) is 7.92. The Morgan fingerprint density at radius 3 is 2.44 bits per heavy atom. The Morgan fingerprint density at radius 2 is 1.68 bits per heavy atom. The molecule has 174 valence electrons. The summed E-state index contributed by atoms with van der Waals surface area (Å²) >= 11 is 0. The highest BCUT2D eigenvalue weighted by molar-refractivity contribution is 6.04. The van der Waals surface area contributed by atoms with Crippen LogP contribution in [0, 0.1) is 0 Å². The van der Waals surface area contributed by atoms with Crippen molar-refractivity contribution in [1.82, 2.24) is 5.32 Å². The number of benzene rings is 3. The zero-order valence-electron chi connectivity index (χ0n) is 18.8. The van der Waals surface area contributed by atoms with Crippen LogP contribution in [0.15, 0.2) is 82.0 Å². The summed E-state index contributed by atoms with van der Waals surface area (Å²) in [7, 11) is 0. The van der Waals surface area contributed by atoms with Crippen LogP contribution in [0.5, 0.6) is 5.75 Å². The van der Waals surface area contributed by atoms with Crippen molar-refractivity contribution in [3.05, 3.63) is 88.8 Å². The molecule has 0 saturated heterocycles. The van der Waals surface area contributed by atoms with E-state index >= 15 is 0 Å². The number of carbonyl (C=O) groups is 2. The standard InChI is InChI=1S/C27H25NO6/c1-2-3-13-23(28-27(31)32-17-18-9-5-4-6-10-18)26(30)33-19-14-15-21-20-11-7-8-12-22(20)25(29)34-24(21)16-19/h4-12,14-16,23H,2-3,13,17H2,1H3,(H,28,31). The zero-order chi connectivity index (χ0) is 23.9. The number of alkyl carbamates (subject to hydrolysis) is 1. The molecule has 0 aliphatic rings. The van der Waals surface area contributed by atoms with Crippen molar-refractivity contribution in [2.75, 3.05) is 0 Å². The SMILES string of the molecule is CCCCC(NC(=O)OCc1ccccc1)C(=O)Oc1ccc2c(c1)oc(=O)c1ccccc12. The van der Waals surface area contributed by atoms with Crippen LogP contribution in [-0.2, 0) is 16.1 Å². The highest BCUT2D eigenvalue weighted by Crippen LogP contribution is 2.26. The fourth-order valence-electron chi connectivity index (χ4n) is 3.68. The van der Waals surface area contributed by atoms with E-state index in [1.165, 1.54) is 6.07 Å². The number of ether oxygens (including phenoxy) is 2. The van der Waals surface area contributed by atoms with Gasteiger partial charge in [0.2, 0.25) is 0 Å². The number of hydrogen-bond acceptors (Lipinski definition) is 6. The fourth-order valence-corrected chi connectivity index (χ4v) is 3.68.